The lowest BCUT2D eigenvalue weighted by atomic mass is 9.80. The van der Waals surface area contributed by atoms with Gasteiger partial charge in [0.2, 0.25) is 5.95 Å². The van der Waals surface area contributed by atoms with Crippen LogP contribution >= 0.6 is 8.53 Å². The van der Waals surface area contributed by atoms with E-state index in [0.29, 0.717) is 17.2 Å². The number of methoxy groups -OCH3 is 2. The number of carbonyl (C=O) groups excluding carboxylic acids is 1. The summed E-state index contributed by atoms with van der Waals surface area (Å²) in [6.07, 6.45) is -3.07. The van der Waals surface area contributed by atoms with Gasteiger partial charge in [-0.05, 0) is 80.8 Å². The highest BCUT2D eigenvalue weighted by molar-refractivity contribution is 7.42. The minimum Gasteiger partial charge on any atom is -0.497 e. The fraction of sp³-hybridized carbons (Fsp3) is 0.367. The predicted molar refractivity (Wildman–Crippen MR) is 256 cm³/mol. The van der Waals surface area contributed by atoms with Gasteiger partial charge in [0.25, 0.3) is 20.0 Å². The smallest absolute Gasteiger partial charge is 0.280 e. The Morgan fingerprint density at radius 1 is 0.899 bits per heavy atom. The maximum atomic E-state index is 13.2. The normalized spacial score (nSPS) is 16.9. The molecule has 1 aliphatic heterocycles. The molecule has 2 aromatic heterocycles. The molecule has 366 valence electrons. The number of carbonyl (C=O) groups is 1. The van der Waals surface area contributed by atoms with E-state index in [0.717, 1.165) is 16.7 Å². The second kappa shape index (κ2) is 24.8. The summed E-state index contributed by atoms with van der Waals surface area (Å²) in [5.41, 5.74) is 0.468. The fourth-order valence-corrected chi connectivity index (χ4v) is 8.69. The summed E-state index contributed by atoms with van der Waals surface area (Å²) in [7, 11) is 1.28. The van der Waals surface area contributed by atoms with Crippen LogP contribution in [0.4, 0.5) is 5.95 Å². The number of imidazole rings is 1. The second-order valence-electron chi connectivity index (χ2n) is 16.2. The minimum atomic E-state index is -1.91. The lowest BCUT2D eigenvalue weighted by Crippen LogP contribution is -2.40. The highest BCUT2D eigenvalue weighted by Crippen LogP contribution is 2.43. The zero-order valence-corrected chi connectivity index (χ0v) is 40.1. The largest absolute Gasteiger partial charge is 0.497 e. The zero-order valence-electron chi connectivity index (χ0n) is 39.2. The van der Waals surface area contributed by atoms with Crippen molar-refractivity contribution in [2.75, 3.05) is 46.1 Å². The van der Waals surface area contributed by atoms with Crippen LogP contribution in [0, 0.1) is 11.3 Å². The molecule has 6 aromatic rings. The van der Waals surface area contributed by atoms with E-state index >= 15 is 0 Å². The lowest BCUT2D eigenvalue weighted by molar-refractivity contribution is -0.137. The molecule has 1 saturated heterocycles. The molecule has 4 atom stereocenters. The van der Waals surface area contributed by atoms with E-state index in [1.165, 1.54) is 10.9 Å². The van der Waals surface area contributed by atoms with E-state index in [1.54, 1.807) is 43.2 Å². The summed E-state index contributed by atoms with van der Waals surface area (Å²) in [5.74, 6) is 1.07. The molecular formula is C49H58N7O12P. The number of nitriles is 1. The van der Waals surface area contributed by atoms with Crippen molar-refractivity contribution in [3.05, 3.63) is 143 Å². The Balaban J connectivity index is 0.000000703. The highest BCUT2D eigenvalue weighted by atomic mass is 31.2. The van der Waals surface area contributed by atoms with E-state index in [4.69, 9.17) is 48.2 Å². The highest BCUT2D eigenvalue weighted by Gasteiger charge is 2.48. The number of aliphatic hydroxyl groups excluding tert-OH is 1. The standard InChI is InChI=1S/C43H42N6O10.C6H16NO2P/c1-53-31-18-14-29(15-19-31)43(28-10-5-3-6-11-28,30-16-20-32(54-2)21-17-30)58-24-34-37(51)38(57-27-55-23-9-22-44)41(59-34)49-26-45-36-39(49)47-42(48-40(36)52)46-35(50)25-56-33-12-7-4-8-13-33;1-5(2)7(6(3)4)10(8)9/h3-8,10-21,26,34,37-38,41,51H,9,23-25,27H2,1-2H3,(H2,46,47,48,50,52);5-6,8-9H,1-4H3/t34-,37-,38-,41-;/m1./s1. The van der Waals surface area contributed by atoms with Crippen LogP contribution in [0.2, 0.25) is 0 Å². The molecule has 1 fully saturated rings. The van der Waals surface area contributed by atoms with Gasteiger partial charge in [0, 0.05) is 12.1 Å². The van der Waals surface area contributed by atoms with Crippen molar-refractivity contribution < 1.29 is 52.8 Å². The molecule has 1 amide bonds. The Morgan fingerprint density at radius 2 is 1.48 bits per heavy atom. The third-order valence-electron chi connectivity index (χ3n) is 11.0. The average Bonchev–Trinajstić information content (AvgIpc) is 3.91. The Kier molecular flexibility index (Phi) is 18.7. The van der Waals surface area contributed by atoms with Crippen molar-refractivity contribution in [1.82, 2.24) is 24.2 Å². The average molecular weight is 968 g/mol. The molecule has 4 aromatic carbocycles. The zero-order chi connectivity index (χ0) is 49.5. The van der Waals surface area contributed by atoms with E-state index in [-0.39, 0.29) is 62.2 Å². The third-order valence-corrected chi connectivity index (χ3v) is 12.3. The fourth-order valence-electron chi connectivity index (χ4n) is 7.86. The number of aromatic amines is 1. The van der Waals surface area contributed by atoms with E-state index < -0.39 is 50.1 Å². The SMILES string of the molecule is CC(C)N(C(C)C)P(O)O.COc1ccc(C(OC[C@H]2O[C@@H](n3cnc4c(=O)[nH]c(NC(=O)COc5ccccc5)nc43)[C@H](OCOCCC#N)[C@@H]2O)(c2ccccc2)c2ccc(OC)cc2)cc1. The molecule has 0 unspecified atom stereocenters. The number of hydrogen-bond donors (Lipinski definition) is 5. The molecule has 20 heteroatoms. The third kappa shape index (κ3) is 12.9. The molecule has 0 saturated carbocycles. The van der Waals surface area contributed by atoms with E-state index in [2.05, 4.69) is 20.3 Å². The van der Waals surface area contributed by atoms with Gasteiger partial charge in [-0.15, -0.1) is 0 Å². The number of H-pyrrole nitrogens is 1. The van der Waals surface area contributed by atoms with E-state index in [1.807, 2.05) is 119 Å². The van der Waals surface area contributed by atoms with Gasteiger partial charge >= 0.3 is 0 Å². The van der Waals surface area contributed by atoms with Gasteiger partial charge in [0.15, 0.2) is 24.0 Å². The summed E-state index contributed by atoms with van der Waals surface area (Å²) in [6, 6.07) is 35.9. The van der Waals surface area contributed by atoms with Crippen LogP contribution in [0.3, 0.4) is 0 Å². The number of rotatable bonds is 21. The Bertz CT molecular complexity index is 2560. The van der Waals surface area contributed by atoms with Crippen LogP contribution < -0.4 is 25.1 Å². The van der Waals surface area contributed by atoms with Crippen molar-refractivity contribution in [2.45, 2.75) is 76.3 Å². The van der Waals surface area contributed by atoms with Gasteiger partial charge in [0.05, 0.1) is 46.3 Å². The van der Waals surface area contributed by atoms with Crippen molar-refractivity contribution >= 4 is 31.5 Å². The monoisotopic (exact) mass is 967 g/mol. The maximum absolute atomic E-state index is 13.2. The van der Waals surface area contributed by atoms with Gasteiger partial charge < -0.3 is 48.1 Å². The van der Waals surface area contributed by atoms with Crippen LogP contribution in [0.25, 0.3) is 11.2 Å². The molecule has 3 heterocycles. The van der Waals surface area contributed by atoms with Gasteiger partial charge in [-0.25, -0.2) is 9.65 Å². The number of ether oxygens (including phenoxy) is 7. The topological polar surface area (TPSA) is 245 Å². The van der Waals surface area contributed by atoms with Gasteiger partial charge in [-0.1, -0.05) is 72.8 Å². The lowest BCUT2D eigenvalue weighted by Gasteiger charge is -2.37. The first-order valence-electron chi connectivity index (χ1n) is 22.1. The second-order valence-corrected chi connectivity index (χ2v) is 17.2. The molecule has 0 spiro atoms. The minimum absolute atomic E-state index is 0.0425. The van der Waals surface area contributed by atoms with Crippen LogP contribution in [-0.4, -0.2) is 116 Å². The van der Waals surface area contributed by atoms with Crippen LogP contribution in [0.1, 0.15) is 57.0 Å². The molecule has 0 bridgehead atoms. The summed E-state index contributed by atoms with van der Waals surface area (Å²) in [6.45, 7) is 7.09. The number of hydrogen-bond acceptors (Lipinski definition) is 16. The summed E-state index contributed by atoms with van der Waals surface area (Å²) < 4.78 is 44.8. The summed E-state index contributed by atoms with van der Waals surface area (Å²) in [4.78, 5) is 55.1. The van der Waals surface area contributed by atoms with Crippen LogP contribution in [-0.2, 0) is 29.3 Å². The molecule has 1 aliphatic rings. The van der Waals surface area contributed by atoms with Crippen LogP contribution in [0.15, 0.2) is 120 Å². The maximum Gasteiger partial charge on any atom is 0.280 e. The van der Waals surface area contributed by atoms with Gasteiger partial charge in [-0.3, -0.25) is 24.5 Å². The summed E-state index contributed by atoms with van der Waals surface area (Å²) >= 11 is 0. The number of anilines is 1. The summed E-state index contributed by atoms with van der Waals surface area (Å²) in [5, 5.41) is 23.5. The number of benzene rings is 4. The van der Waals surface area contributed by atoms with Crippen LogP contribution in [0.5, 0.6) is 17.2 Å². The molecule has 7 rings (SSSR count). The Hall–Kier alpha value is -6.30. The number of nitrogens with zero attached hydrogens (tertiary/aromatic N) is 5. The number of para-hydroxylation sites is 1. The number of fused-ring (bicyclic) bond motifs is 1. The Labute approximate surface area is 401 Å². The molecule has 19 nitrogen and oxygen atoms in total. The first-order chi connectivity index (χ1) is 33.3. The van der Waals surface area contributed by atoms with Gasteiger partial charge in [-0.2, -0.15) is 10.2 Å². The molecule has 0 radical (unpaired) electrons. The first-order valence-corrected chi connectivity index (χ1v) is 23.3. The van der Waals surface area contributed by atoms with Crippen molar-refractivity contribution in [3.63, 3.8) is 0 Å². The predicted octanol–water partition coefficient (Wildman–Crippen LogP) is 6.01. The number of aliphatic hydroxyl groups is 1. The van der Waals surface area contributed by atoms with Gasteiger partial charge in [0.1, 0.15) is 48.0 Å². The quantitative estimate of drug-likeness (QED) is 0.0240. The number of nitrogens with one attached hydrogen (secondary N) is 2. The van der Waals surface area contributed by atoms with Crippen molar-refractivity contribution in [2.24, 2.45) is 0 Å². The number of amides is 1. The van der Waals surface area contributed by atoms with E-state index in [9.17, 15) is 14.7 Å². The molecular weight excluding hydrogens is 910 g/mol. The first kappa shape index (κ1) is 52.1. The molecule has 69 heavy (non-hydrogen) atoms. The van der Waals surface area contributed by atoms with Crippen molar-refractivity contribution in [1.29, 1.82) is 5.26 Å². The molecule has 0 aliphatic carbocycles. The Morgan fingerprint density at radius 3 is 2.01 bits per heavy atom. The van der Waals surface area contributed by atoms with Crippen molar-refractivity contribution in [3.8, 4) is 23.3 Å². The molecule has 5 N–H and O–H groups in total. The number of aromatic nitrogens is 4.